The summed E-state index contributed by atoms with van der Waals surface area (Å²) in [6.45, 7) is 2.47. The third kappa shape index (κ3) is 4.92. The smallest absolute Gasteiger partial charge is 0.125 e. The summed E-state index contributed by atoms with van der Waals surface area (Å²) in [5.74, 6) is 1.40. The molecular weight excluding hydrogens is 356 g/mol. The molecule has 1 unspecified atom stereocenters. The van der Waals surface area contributed by atoms with Gasteiger partial charge >= 0.3 is 0 Å². The highest BCUT2D eigenvalue weighted by molar-refractivity contribution is 9.10. The molecule has 0 aliphatic carbocycles. The van der Waals surface area contributed by atoms with Crippen LogP contribution >= 0.6 is 27.5 Å². The fourth-order valence-electron chi connectivity index (χ4n) is 1.85. The summed E-state index contributed by atoms with van der Waals surface area (Å²) in [7, 11) is 0. The summed E-state index contributed by atoms with van der Waals surface area (Å²) in [6.07, 6.45) is -0.635. The van der Waals surface area contributed by atoms with Crippen molar-refractivity contribution in [2.45, 2.75) is 13.0 Å². The summed E-state index contributed by atoms with van der Waals surface area (Å²) in [6, 6.07) is 12.8. The van der Waals surface area contributed by atoms with Gasteiger partial charge in [0.2, 0.25) is 0 Å². The zero-order chi connectivity index (χ0) is 15.2. The average molecular weight is 372 g/mol. The third-order valence-corrected chi connectivity index (χ3v) is 3.56. The topological polar surface area (TPSA) is 38.7 Å². The Bertz CT molecular complexity index is 602. The van der Waals surface area contributed by atoms with Gasteiger partial charge in [-0.15, -0.1) is 0 Å². The van der Waals surface area contributed by atoms with Gasteiger partial charge < -0.3 is 14.6 Å². The van der Waals surface area contributed by atoms with E-state index in [1.165, 1.54) is 0 Å². The molecule has 0 spiro atoms. The van der Waals surface area contributed by atoms with Crippen molar-refractivity contribution < 1.29 is 14.6 Å². The number of halogens is 2. The van der Waals surface area contributed by atoms with E-state index in [2.05, 4.69) is 15.9 Å². The second kappa shape index (κ2) is 7.69. The van der Waals surface area contributed by atoms with Crippen molar-refractivity contribution in [1.82, 2.24) is 0 Å². The van der Waals surface area contributed by atoms with Crippen LogP contribution in [0, 0.1) is 0 Å². The summed E-state index contributed by atoms with van der Waals surface area (Å²) in [5.41, 5.74) is 0.671. The zero-order valence-corrected chi connectivity index (χ0v) is 13.9. The van der Waals surface area contributed by atoms with Gasteiger partial charge in [0.1, 0.15) is 24.7 Å². The van der Waals surface area contributed by atoms with Crippen LogP contribution in [-0.2, 0) is 0 Å². The average Bonchev–Trinajstić information content (AvgIpc) is 2.44. The van der Waals surface area contributed by atoms with Crippen LogP contribution in [0.1, 0.15) is 18.6 Å². The van der Waals surface area contributed by atoms with E-state index in [1.807, 2.05) is 24.3 Å². The Morgan fingerprint density at radius 2 is 1.90 bits per heavy atom. The Balaban J connectivity index is 1.89. The van der Waals surface area contributed by atoms with E-state index in [9.17, 15) is 5.11 Å². The zero-order valence-electron chi connectivity index (χ0n) is 11.6. The molecule has 2 rings (SSSR count). The first-order valence-corrected chi connectivity index (χ1v) is 7.72. The molecule has 0 amide bonds. The van der Waals surface area contributed by atoms with Crippen molar-refractivity contribution in [2.75, 3.05) is 13.2 Å². The Morgan fingerprint density at radius 1 is 1.14 bits per heavy atom. The van der Waals surface area contributed by atoms with Crippen LogP contribution in [0.25, 0.3) is 0 Å². The predicted molar refractivity (Wildman–Crippen MR) is 87.2 cm³/mol. The Kier molecular flexibility index (Phi) is 5.91. The van der Waals surface area contributed by atoms with Gasteiger partial charge in [0.05, 0.1) is 6.10 Å². The Hall–Kier alpha value is -1.23. The molecule has 0 fully saturated rings. The van der Waals surface area contributed by atoms with Gasteiger partial charge in [-0.2, -0.15) is 0 Å². The molecule has 2 aromatic carbocycles. The number of aliphatic hydroxyl groups excluding tert-OH is 1. The van der Waals surface area contributed by atoms with Gasteiger partial charge in [-0.3, -0.25) is 0 Å². The van der Waals surface area contributed by atoms with Crippen LogP contribution in [0.2, 0.25) is 5.02 Å². The molecule has 2 aromatic rings. The number of hydrogen-bond donors (Lipinski definition) is 1. The second-order valence-electron chi connectivity index (χ2n) is 4.51. The number of ether oxygens (including phenoxy) is 2. The molecule has 1 atom stereocenters. The molecule has 5 heteroatoms. The van der Waals surface area contributed by atoms with E-state index in [-0.39, 0.29) is 0 Å². The van der Waals surface area contributed by atoms with Gasteiger partial charge in [0, 0.05) is 15.1 Å². The van der Waals surface area contributed by atoms with Crippen LogP contribution in [0.4, 0.5) is 0 Å². The van der Waals surface area contributed by atoms with E-state index in [1.54, 1.807) is 25.1 Å². The van der Waals surface area contributed by atoms with E-state index in [0.29, 0.717) is 29.5 Å². The van der Waals surface area contributed by atoms with Gasteiger partial charge in [0.15, 0.2) is 0 Å². The van der Waals surface area contributed by atoms with E-state index in [0.717, 1.165) is 10.2 Å². The maximum Gasteiger partial charge on any atom is 0.125 e. The Morgan fingerprint density at radius 3 is 2.62 bits per heavy atom. The highest BCUT2D eigenvalue weighted by Gasteiger charge is 2.10. The van der Waals surface area contributed by atoms with E-state index >= 15 is 0 Å². The maximum atomic E-state index is 9.72. The molecule has 0 aromatic heterocycles. The highest BCUT2D eigenvalue weighted by Crippen LogP contribution is 2.28. The minimum absolute atomic E-state index is 0.383. The van der Waals surface area contributed by atoms with Gasteiger partial charge in [-0.1, -0.05) is 33.6 Å². The molecule has 112 valence electrons. The van der Waals surface area contributed by atoms with Crippen molar-refractivity contribution in [1.29, 1.82) is 0 Å². The molecule has 1 N–H and O–H groups in total. The number of aliphatic hydroxyl groups is 1. The van der Waals surface area contributed by atoms with Crippen molar-refractivity contribution in [3.05, 3.63) is 57.5 Å². The fourth-order valence-corrected chi connectivity index (χ4v) is 2.40. The van der Waals surface area contributed by atoms with Crippen molar-refractivity contribution >= 4 is 27.5 Å². The summed E-state index contributed by atoms with van der Waals surface area (Å²) < 4.78 is 12.2. The first kappa shape index (κ1) is 16.1. The lowest BCUT2D eigenvalue weighted by atomic mass is 10.1. The summed E-state index contributed by atoms with van der Waals surface area (Å²) in [5, 5.41) is 10.3. The molecular formula is C16H16BrClO3. The first-order valence-electron chi connectivity index (χ1n) is 6.55. The minimum Gasteiger partial charge on any atom is -0.490 e. The number of benzene rings is 2. The van der Waals surface area contributed by atoms with Crippen molar-refractivity contribution in [3.63, 3.8) is 0 Å². The molecule has 0 aliphatic heterocycles. The maximum absolute atomic E-state index is 9.72. The van der Waals surface area contributed by atoms with E-state index in [4.69, 9.17) is 21.1 Å². The lowest BCUT2D eigenvalue weighted by molar-refractivity contribution is 0.182. The molecule has 0 bridgehead atoms. The molecule has 0 saturated carbocycles. The monoisotopic (exact) mass is 370 g/mol. The molecule has 21 heavy (non-hydrogen) atoms. The van der Waals surface area contributed by atoms with Crippen LogP contribution in [-0.4, -0.2) is 18.3 Å². The molecule has 3 nitrogen and oxygen atoms in total. The SMILES string of the molecule is CC(O)c1cc(Cl)ccc1OCCOc1cccc(Br)c1. The third-order valence-electron chi connectivity index (χ3n) is 2.83. The van der Waals surface area contributed by atoms with Crippen molar-refractivity contribution in [2.24, 2.45) is 0 Å². The molecule has 0 aliphatic rings. The second-order valence-corrected chi connectivity index (χ2v) is 5.86. The lowest BCUT2D eigenvalue weighted by Crippen LogP contribution is -2.10. The standard InChI is InChI=1S/C16H16BrClO3/c1-11(19)15-10-13(18)5-6-16(15)21-8-7-20-14-4-2-3-12(17)9-14/h2-6,9-11,19H,7-8H2,1H3. The Labute approximate surface area is 137 Å². The van der Waals surface area contributed by atoms with Crippen LogP contribution in [0.15, 0.2) is 46.9 Å². The molecule has 0 saturated heterocycles. The van der Waals surface area contributed by atoms with E-state index < -0.39 is 6.10 Å². The lowest BCUT2D eigenvalue weighted by Gasteiger charge is -2.14. The molecule has 0 heterocycles. The predicted octanol–water partition coefficient (Wildman–Crippen LogP) is 4.61. The minimum atomic E-state index is -0.635. The number of rotatable bonds is 6. The summed E-state index contributed by atoms with van der Waals surface area (Å²) >= 11 is 9.31. The first-order chi connectivity index (χ1) is 10.1. The van der Waals surface area contributed by atoms with Crippen LogP contribution < -0.4 is 9.47 Å². The molecule has 0 radical (unpaired) electrons. The van der Waals surface area contributed by atoms with Crippen LogP contribution in [0.3, 0.4) is 0 Å². The van der Waals surface area contributed by atoms with Gasteiger partial charge in [0.25, 0.3) is 0 Å². The quantitative estimate of drug-likeness (QED) is 0.753. The fraction of sp³-hybridized carbons (Fsp3) is 0.250. The van der Waals surface area contributed by atoms with Crippen molar-refractivity contribution in [3.8, 4) is 11.5 Å². The summed E-state index contributed by atoms with van der Waals surface area (Å²) in [4.78, 5) is 0. The number of hydrogen-bond acceptors (Lipinski definition) is 3. The largest absolute Gasteiger partial charge is 0.490 e. The normalized spacial score (nSPS) is 12.0. The van der Waals surface area contributed by atoms with Crippen LogP contribution in [0.5, 0.6) is 11.5 Å². The van der Waals surface area contributed by atoms with Gasteiger partial charge in [-0.25, -0.2) is 0 Å². The highest BCUT2D eigenvalue weighted by atomic mass is 79.9. The van der Waals surface area contributed by atoms with Gasteiger partial charge in [-0.05, 0) is 43.3 Å².